The van der Waals surface area contributed by atoms with Gasteiger partial charge in [0.1, 0.15) is 13.2 Å². The van der Waals surface area contributed by atoms with Crippen molar-refractivity contribution >= 4 is 17.9 Å². The minimum absolute atomic E-state index is 0.0859. The maximum absolute atomic E-state index is 12.9. The second kappa shape index (κ2) is 70.6. The van der Waals surface area contributed by atoms with E-state index in [-0.39, 0.29) is 31.1 Å². The van der Waals surface area contributed by atoms with Gasteiger partial charge in [-0.25, -0.2) is 0 Å². The van der Waals surface area contributed by atoms with Gasteiger partial charge in [-0.05, 0) is 122 Å². The van der Waals surface area contributed by atoms with Crippen LogP contribution in [0.1, 0.15) is 342 Å². The third kappa shape index (κ3) is 68.7. The van der Waals surface area contributed by atoms with Crippen molar-refractivity contribution in [2.24, 2.45) is 0 Å². The molecule has 0 aliphatic heterocycles. The summed E-state index contributed by atoms with van der Waals surface area (Å²) in [5.74, 6) is -0.907. The molecule has 0 saturated heterocycles. The zero-order chi connectivity index (χ0) is 59.9. The molecule has 0 heterocycles. The third-order valence-corrected chi connectivity index (χ3v) is 15.2. The van der Waals surface area contributed by atoms with Crippen LogP contribution in [0, 0.1) is 0 Å². The first-order valence-corrected chi connectivity index (χ1v) is 35.4. The Hall–Kier alpha value is -3.93. The second-order valence-corrected chi connectivity index (χ2v) is 23.4. The van der Waals surface area contributed by atoms with Crippen LogP contribution in [0.25, 0.3) is 0 Å². The molecule has 0 aliphatic rings. The zero-order valence-corrected chi connectivity index (χ0v) is 54.7. The number of allylic oxidation sites excluding steroid dienone is 18. The molecule has 6 heteroatoms. The van der Waals surface area contributed by atoms with Crippen molar-refractivity contribution in [3.8, 4) is 0 Å². The van der Waals surface area contributed by atoms with Crippen molar-refractivity contribution in [2.75, 3.05) is 13.2 Å². The van der Waals surface area contributed by atoms with E-state index < -0.39 is 6.10 Å². The Morgan fingerprint density at radius 2 is 0.470 bits per heavy atom. The molecule has 1 unspecified atom stereocenters. The first kappa shape index (κ1) is 79.1. The standard InChI is InChI=1S/C77H132O6/c1-4-7-10-13-16-19-22-25-27-29-30-31-32-33-34-35-36-37-38-39-40-41-42-43-44-45-46-48-49-52-55-58-61-64-67-70-76(79)82-73-74(72-81-75(78)69-66-63-60-57-54-51-24-21-18-15-12-9-6-3)83-77(80)71-68-65-62-59-56-53-50-47-28-26-23-20-17-14-11-8-5-2/h7,9-10,12,16,18-19,21,25-28,30-31,33-34,51,54,74H,4-6,8,11,13-15,17,20,22-24,29,32,35-50,52-53,55-73H2,1-3H3/b10-7-,12-9-,19-16-,21-18-,27-25-,28-26-,31-30-,34-33-,54-51-. The van der Waals surface area contributed by atoms with Gasteiger partial charge in [0, 0.05) is 19.3 Å². The van der Waals surface area contributed by atoms with Crippen LogP contribution in [0.5, 0.6) is 0 Å². The van der Waals surface area contributed by atoms with Crippen LogP contribution in [0.4, 0.5) is 0 Å². The number of carbonyl (C=O) groups is 3. The van der Waals surface area contributed by atoms with E-state index in [1.165, 1.54) is 186 Å². The molecule has 1 atom stereocenters. The quantitative estimate of drug-likeness (QED) is 0.0261. The van der Waals surface area contributed by atoms with E-state index in [0.717, 1.165) is 116 Å². The summed E-state index contributed by atoms with van der Waals surface area (Å²) in [6, 6.07) is 0. The molecule has 0 saturated carbocycles. The van der Waals surface area contributed by atoms with Gasteiger partial charge in [0.05, 0.1) is 0 Å². The lowest BCUT2D eigenvalue weighted by molar-refractivity contribution is -0.167. The van der Waals surface area contributed by atoms with Gasteiger partial charge >= 0.3 is 17.9 Å². The molecule has 0 aromatic carbocycles. The SMILES string of the molecule is CC/C=C\C/C=C\C/C=C\C/C=C\C/C=C\CCCCCCCCCCCCCCCCCCCCCC(=O)OCC(COC(=O)CCCCC/C=C\C/C=C\C/C=C\CC)OC(=O)CCCCCCCCC/C=C\CCCCCCCC. The molecule has 476 valence electrons. The van der Waals surface area contributed by atoms with Crippen LogP contribution in [0.2, 0.25) is 0 Å². The molecular weight excluding hydrogens is 1020 g/mol. The van der Waals surface area contributed by atoms with Gasteiger partial charge in [-0.3, -0.25) is 14.4 Å². The maximum atomic E-state index is 12.9. The predicted molar refractivity (Wildman–Crippen MR) is 362 cm³/mol. The topological polar surface area (TPSA) is 78.9 Å². The van der Waals surface area contributed by atoms with Crippen LogP contribution < -0.4 is 0 Å². The minimum Gasteiger partial charge on any atom is -0.462 e. The molecule has 0 fully saturated rings. The molecular formula is C77H132O6. The Labute approximate surface area is 514 Å². The normalized spacial score (nSPS) is 12.8. The van der Waals surface area contributed by atoms with E-state index in [0.29, 0.717) is 19.3 Å². The van der Waals surface area contributed by atoms with Crippen molar-refractivity contribution in [2.45, 2.75) is 348 Å². The maximum Gasteiger partial charge on any atom is 0.306 e. The molecule has 83 heavy (non-hydrogen) atoms. The van der Waals surface area contributed by atoms with Crippen LogP contribution in [0.15, 0.2) is 109 Å². The highest BCUT2D eigenvalue weighted by molar-refractivity contribution is 5.71. The van der Waals surface area contributed by atoms with Gasteiger partial charge in [0.25, 0.3) is 0 Å². The summed E-state index contributed by atoms with van der Waals surface area (Å²) in [6.07, 6.45) is 97.1. The Morgan fingerprint density at radius 3 is 0.759 bits per heavy atom. The summed E-state index contributed by atoms with van der Waals surface area (Å²) in [4.78, 5) is 38.3. The molecule has 0 aromatic rings. The lowest BCUT2D eigenvalue weighted by Gasteiger charge is -2.18. The number of esters is 3. The van der Waals surface area contributed by atoms with E-state index in [1.54, 1.807) is 0 Å². The fourth-order valence-electron chi connectivity index (χ4n) is 10.0. The van der Waals surface area contributed by atoms with E-state index in [2.05, 4.69) is 130 Å². The van der Waals surface area contributed by atoms with Crippen molar-refractivity contribution in [3.05, 3.63) is 109 Å². The fraction of sp³-hybridized carbons (Fsp3) is 0.727. The number of carbonyl (C=O) groups excluding carboxylic acids is 3. The van der Waals surface area contributed by atoms with Gasteiger partial charge < -0.3 is 14.2 Å². The monoisotopic (exact) mass is 1150 g/mol. The third-order valence-electron chi connectivity index (χ3n) is 15.2. The zero-order valence-electron chi connectivity index (χ0n) is 54.7. The van der Waals surface area contributed by atoms with Gasteiger partial charge in [-0.1, -0.05) is 310 Å². The van der Waals surface area contributed by atoms with Gasteiger partial charge in [-0.2, -0.15) is 0 Å². The van der Waals surface area contributed by atoms with Gasteiger partial charge in [0.2, 0.25) is 0 Å². The number of hydrogen-bond donors (Lipinski definition) is 0. The molecule has 0 N–H and O–H groups in total. The average molecular weight is 1150 g/mol. The highest BCUT2D eigenvalue weighted by atomic mass is 16.6. The summed E-state index contributed by atoms with van der Waals surface area (Å²) in [5.41, 5.74) is 0. The summed E-state index contributed by atoms with van der Waals surface area (Å²) in [7, 11) is 0. The molecule has 0 bridgehead atoms. The number of ether oxygens (including phenoxy) is 3. The molecule has 0 rings (SSSR count). The van der Waals surface area contributed by atoms with Crippen LogP contribution in [0.3, 0.4) is 0 Å². The predicted octanol–water partition coefficient (Wildman–Crippen LogP) is 24.6. The minimum atomic E-state index is -0.792. The molecule has 0 aliphatic carbocycles. The first-order chi connectivity index (χ1) is 41.0. The van der Waals surface area contributed by atoms with Crippen LogP contribution in [-0.4, -0.2) is 37.2 Å². The van der Waals surface area contributed by atoms with Crippen molar-refractivity contribution in [3.63, 3.8) is 0 Å². The highest BCUT2D eigenvalue weighted by Gasteiger charge is 2.19. The summed E-state index contributed by atoms with van der Waals surface area (Å²) >= 11 is 0. The number of rotatable bonds is 64. The highest BCUT2D eigenvalue weighted by Crippen LogP contribution is 2.17. The smallest absolute Gasteiger partial charge is 0.306 e. The van der Waals surface area contributed by atoms with E-state index in [9.17, 15) is 14.4 Å². The van der Waals surface area contributed by atoms with Gasteiger partial charge in [-0.15, -0.1) is 0 Å². The first-order valence-electron chi connectivity index (χ1n) is 35.4. The molecule has 0 spiro atoms. The van der Waals surface area contributed by atoms with E-state index >= 15 is 0 Å². The Balaban J connectivity index is 4.15. The lowest BCUT2D eigenvalue weighted by atomic mass is 10.0. The molecule has 0 radical (unpaired) electrons. The van der Waals surface area contributed by atoms with E-state index in [4.69, 9.17) is 14.2 Å². The molecule has 0 aromatic heterocycles. The van der Waals surface area contributed by atoms with Crippen LogP contribution >= 0.6 is 0 Å². The van der Waals surface area contributed by atoms with Crippen molar-refractivity contribution < 1.29 is 28.6 Å². The lowest BCUT2D eigenvalue weighted by Crippen LogP contribution is -2.30. The Bertz CT molecular complexity index is 1660. The largest absolute Gasteiger partial charge is 0.462 e. The summed E-state index contributed by atoms with van der Waals surface area (Å²) < 4.78 is 16.9. The van der Waals surface area contributed by atoms with E-state index in [1.807, 2.05) is 0 Å². The summed E-state index contributed by atoms with van der Waals surface area (Å²) in [5, 5.41) is 0. The number of unbranched alkanes of at least 4 members (excludes halogenated alkanes) is 35. The molecule has 0 amide bonds. The van der Waals surface area contributed by atoms with Gasteiger partial charge in [0.15, 0.2) is 6.10 Å². The van der Waals surface area contributed by atoms with Crippen LogP contribution in [-0.2, 0) is 28.6 Å². The fourth-order valence-corrected chi connectivity index (χ4v) is 10.0. The average Bonchev–Trinajstić information content (AvgIpc) is 3.49. The Kier molecular flexibility index (Phi) is 67.2. The Morgan fingerprint density at radius 1 is 0.253 bits per heavy atom. The second-order valence-electron chi connectivity index (χ2n) is 23.4. The van der Waals surface area contributed by atoms with Crippen molar-refractivity contribution in [1.29, 1.82) is 0 Å². The molecule has 6 nitrogen and oxygen atoms in total. The number of hydrogen-bond acceptors (Lipinski definition) is 6. The van der Waals surface area contributed by atoms with Crippen molar-refractivity contribution in [1.82, 2.24) is 0 Å². The summed E-state index contributed by atoms with van der Waals surface area (Å²) in [6.45, 7) is 6.41.